The molecule has 1 aromatic carbocycles. The first kappa shape index (κ1) is 25.2. The van der Waals surface area contributed by atoms with Gasteiger partial charge < -0.3 is 24.6 Å². The molecule has 200 valence electrons. The fourth-order valence-electron chi connectivity index (χ4n) is 5.51. The number of aromatic amines is 1. The number of H-pyrrole nitrogens is 1. The number of hydrogen-bond donors (Lipinski definition) is 2. The molecule has 0 spiro atoms. The highest BCUT2D eigenvalue weighted by Crippen LogP contribution is 2.32. The molecule has 38 heavy (non-hydrogen) atoms. The van der Waals surface area contributed by atoms with E-state index >= 15 is 0 Å². The minimum absolute atomic E-state index is 0.388. The number of likely N-dealkylation sites (tertiary alicyclic amines) is 1. The number of halogens is 1. The highest BCUT2D eigenvalue weighted by molar-refractivity contribution is 6.34. The Morgan fingerprint density at radius 2 is 1.79 bits per heavy atom. The van der Waals surface area contributed by atoms with Crippen molar-refractivity contribution in [1.29, 1.82) is 0 Å². The van der Waals surface area contributed by atoms with E-state index in [1.54, 1.807) is 6.20 Å². The lowest BCUT2D eigenvalue weighted by atomic mass is 10.1. The van der Waals surface area contributed by atoms with Crippen molar-refractivity contribution in [2.24, 2.45) is 0 Å². The summed E-state index contributed by atoms with van der Waals surface area (Å²) in [7, 11) is 2.17. The first-order valence-electron chi connectivity index (χ1n) is 13.4. The average Bonchev–Trinajstić information content (AvgIpc) is 3.51. The predicted octanol–water partition coefficient (Wildman–Crippen LogP) is 4.71. The molecule has 0 atom stereocenters. The largest absolute Gasteiger partial charge is 0.379 e. The number of benzene rings is 1. The van der Waals surface area contributed by atoms with Crippen LogP contribution in [-0.4, -0.2) is 82.3 Å². The van der Waals surface area contributed by atoms with Crippen molar-refractivity contribution in [3.05, 3.63) is 52.5 Å². The Morgan fingerprint density at radius 3 is 2.47 bits per heavy atom. The fraction of sp³-hybridized carbons (Fsp3) is 0.464. The SMILES string of the molecule is Cc1noc(C)c1CN1CCN(c2ccc(-c3nc4c(NC5CCN(C)CC5)c(Cl)cnc4[nH]3)cc2)CC1. The summed E-state index contributed by atoms with van der Waals surface area (Å²) in [6.07, 6.45) is 3.88. The van der Waals surface area contributed by atoms with Gasteiger partial charge >= 0.3 is 0 Å². The molecule has 2 fully saturated rings. The zero-order chi connectivity index (χ0) is 26.2. The van der Waals surface area contributed by atoms with Crippen molar-refractivity contribution >= 4 is 34.1 Å². The molecule has 9 nitrogen and oxygen atoms in total. The molecule has 2 aliphatic heterocycles. The highest BCUT2D eigenvalue weighted by atomic mass is 35.5. The molecule has 0 aliphatic carbocycles. The van der Waals surface area contributed by atoms with Crippen LogP contribution in [-0.2, 0) is 6.54 Å². The molecule has 2 saturated heterocycles. The number of piperazine rings is 1. The third kappa shape index (κ3) is 5.10. The van der Waals surface area contributed by atoms with Crippen LogP contribution >= 0.6 is 11.6 Å². The molecule has 6 rings (SSSR count). The maximum atomic E-state index is 6.57. The highest BCUT2D eigenvalue weighted by Gasteiger charge is 2.22. The Bertz CT molecular complexity index is 1380. The minimum Gasteiger partial charge on any atom is -0.379 e. The van der Waals surface area contributed by atoms with E-state index in [9.17, 15) is 0 Å². The van der Waals surface area contributed by atoms with Gasteiger partial charge in [0.1, 0.15) is 17.1 Å². The smallest absolute Gasteiger partial charge is 0.159 e. The summed E-state index contributed by atoms with van der Waals surface area (Å²) in [6.45, 7) is 11.1. The van der Waals surface area contributed by atoms with Crippen LogP contribution in [0, 0.1) is 13.8 Å². The number of piperidine rings is 1. The summed E-state index contributed by atoms with van der Waals surface area (Å²) >= 11 is 6.57. The third-order valence-electron chi connectivity index (χ3n) is 7.98. The van der Waals surface area contributed by atoms with Gasteiger partial charge in [0.05, 0.1) is 22.6 Å². The van der Waals surface area contributed by atoms with Gasteiger partial charge in [0.25, 0.3) is 0 Å². The number of aryl methyl sites for hydroxylation is 2. The van der Waals surface area contributed by atoms with Gasteiger partial charge in [-0.25, -0.2) is 9.97 Å². The summed E-state index contributed by atoms with van der Waals surface area (Å²) in [5, 5.41) is 8.36. The quantitative estimate of drug-likeness (QED) is 0.367. The number of hydrogen-bond acceptors (Lipinski definition) is 8. The number of nitrogens with zero attached hydrogens (tertiary/aromatic N) is 6. The number of fused-ring (bicyclic) bond motifs is 1. The molecule has 0 radical (unpaired) electrons. The van der Waals surface area contributed by atoms with Crippen molar-refractivity contribution in [1.82, 2.24) is 29.9 Å². The van der Waals surface area contributed by atoms with Crippen LogP contribution in [0.4, 0.5) is 11.4 Å². The van der Waals surface area contributed by atoms with E-state index in [4.69, 9.17) is 21.1 Å². The Kier molecular flexibility index (Phi) is 6.99. The van der Waals surface area contributed by atoms with Crippen molar-refractivity contribution in [2.45, 2.75) is 39.3 Å². The normalized spacial score (nSPS) is 17.9. The number of nitrogens with one attached hydrogen (secondary N) is 2. The maximum Gasteiger partial charge on any atom is 0.159 e. The Hall–Kier alpha value is -3.14. The molecule has 2 N–H and O–H groups in total. The Labute approximate surface area is 228 Å². The summed E-state index contributed by atoms with van der Waals surface area (Å²) in [5.74, 6) is 1.73. The lowest BCUT2D eigenvalue weighted by Crippen LogP contribution is -2.46. The van der Waals surface area contributed by atoms with Gasteiger partial charge in [-0.2, -0.15) is 0 Å². The van der Waals surface area contributed by atoms with Crippen LogP contribution < -0.4 is 10.2 Å². The predicted molar refractivity (Wildman–Crippen MR) is 152 cm³/mol. The van der Waals surface area contributed by atoms with Gasteiger partial charge in [-0.3, -0.25) is 4.90 Å². The first-order valence-corrected chi connectivity index (χ1v) is 13.8. The van der Waals surface area contributed by atoms with Crippen LogP contribution in [0.25, 0.3) is 22.6 Å². The molecular weight excluding hydrogens is 500 g/mol. The molecule has 10 heteroatoms. The average molecular weight is 535 g/mol. The molecule has 0 unspecified atom stereocenters. The van der Waals surface area contributed by atoms with E-state index < -0.39 is 0 Å². The van der Waals surface area contributed by atoms with Crippen molar-refractivity contribution in [3.63, 3.8) is 0 Å². The lowest BCUT2D eigenvalue weighted by molar-refractivity contribution is 0.248. The minimum atomic E-state index is 0.388. The standard InChI is InChI=1S/C28H35ClN8O/c1-18-23(19(2)38-34-18)17-36-12-14-37(15-13-36)22-6-4-20(5-7-22)27-32-26-25(24(29)16-30-28(26)33-27)31-21-8-10-35(3)11-9-21/h4-7,16,21H,8-15,17H2,1-3H3,(H2,30,31,32,33). The maximum absolute atomic E-state index is 6.57. The van der Waals surface area contributed by atoms with E-state index in [0.717, 1.165) is 98.3 Å². The fourth-order valence-corrected chi connectivity index (χ4v) is 5.70. The van der Waals surface area contributed by atoms with Crippen molar-refractivity contribution < 1.29 is 4.52 Å². The van der Waals surface area contributed by atoms with E-state index in [-0.39, 0.29) is 0 Å². The Balaban J connectivity index is 1.13. The molecule has 0 saturated carbocycles. The van der Waals surface area contributed by atoms with Gasteiger partial charge in [0, 0.05) is 55.6 Å². The van der Waals surface area contributed by atoms with Gasteiger partial charge in [-0.05, 0) is 71.1 Å². The number of aromatic nitrogens is 4. The number of rotatable bonds is 6. The zero-order valence-electron chi connectivity index (χ0n) is 22.3. The zero-order valence-corrected chi connectivity index (χ0v) is 23.1. The second-order valence-electron chi connectivity index (χ2n) is 10.6. The number of anilines is 2. The van der Waals surface area contributed by atoms with Gasteiger partial charge in [-0.1, -0.05) is 16.8 Å². The van der Waals surface area contributed by atoms with Crippen molar-refractivity contribution in [2.75, 3.05) is 56.5 Å². The number of pyridine rings is 1. The first-order chi connectivity index (χ1) is 18.4. The van der Waals surface area contributed by atoms with Gasteiger partial charge in [0.2, 0.25) is 0 Å². The second kappa shape index (κ2) is 10.6. The summed E-state index contributed by atoms with van der Waals surface area (Å²) in [4.78, 5) is 20.1. The number of imidazole rings is 1. The monoisotopic (exact) mass is 534 g/mol. The van der Waals surface area contributed by atoms with Crippen LogP contribution in [0.1, 0.15) is 29.9 Å². The van der Waals surface area contributed by atoms with Gasteiger partial charge in [-0.15, -0.1) is 0 Å². The van der Waals surface area contributed by atoms with Gasteiger partial charge in [0.15, 0.2) is 5.65 Å². The van der Waals surface area contributed by atoms with Crippen LogP contribution in [0.2, 0.25) is 5.02 Å². The van der Waals surface area contributed by atoms with Crippen LogP contribution in [0.15, 0.2) is 35.0 Å². The Morgan fingerprint density at radius 1 is 1.05 bits per heavy atom. The lowest BCUT2D eigenvalue weighted by Gasteiger charge is -2.36. The third-order valence-corrected chi connectivity index (χ3v) is 8.26. The molecule has 3 aromatic heterocycles. The van der Waals surface area contributed by atoms with Crippen LogP contribution in [0.3, 0.4) is 0 Å². The molecule has 2 aliphatic rings. The topological polar surface area (TPSA) is 89.3 Å². The molecule has 0 amide bonds. The molecular formula is C28H35ClN8O. The van der Waals surface area contributed by atoms with Crippen molar-refractivity contribution in [3.8, 4) is 11.4 Å². The summed E-state index contributed by atoms with van der Waals surface area (Å²) in [5.41, 5.74) is 6.89. The van der Waals surface area contributed by atoms with E-state index in [1.807, 2.05) is 13.8 Å². The summed E-state index contributed by atoms with van der Waals surface area (Å²) < 4.78 is 5.33. The van der Waals surface area contributed by atoms with Crippen LogP contribution in [0.5, 0.6) is 0 Å². The van der Waals surface area contributed by atoms with E-state index in [0.29, 0.717) is 11.1 Å². The molecule has 0 bridgehead atoms. The molecule has 4 aromatic rings. The van der Waals surface area contributed by atoms with E-state index in [1.165, 1.54) is 11.3 Å². The second-order valence-corrected chi connectivity index (χ2v) is 11.0. The van der Waals surface area contributed by atoms with E-state index in [2.05, 4.69) is 66.5 Å². The summed E-state index contributed by atoms with van der Waals surface area (Å²) in [6, 6.07) is 9.03. The molecule has 5 heterocycles.